The molecule has 0 bridgehead atoms. The maximum Gasteiger partial charge on any atom is 0.123 e. The minimum Gasteiger partial charge on any atom is -0.316 e. The van der Waals surface area contributed by atoms with Gasteiger partial charge in [0.15, 0.2) is 0 Å². The number of halogens is 2. The number of benzene rings is 2. The van der Waals surface area contributed by atoms with Crippen LogP contribution in [0.25, 0.3) is 0 Å². The van der Waals surface area contributed by atoms with Gasteiger partial charge in [-0.2, -0.15) is 0 Å². The normalized spacial score (nSPS) is 12.3. The van der Waals surface area contributed by atoms with E-state index in [1.807, 2.05) is 25.2 Å². The van der Waals surface area contributed by atoms with Crippen molar-refractivity contribution in [2.75, 3.05) is 12.8 Å². The van der Waals surface area contributed by atoms with Crippen LogP contribution in [0.1, 0.15) is 5.56 Å². The van der Waals surface area contributed by atoms with E-state index in [2.05, 4.69) is 17.4 Å². The van der Waals surface area contributed by atoms with Crippen LogP contribution in [0.2, 0.25) is 5.02 Å². The first-order chi connectivity index (χ1) is 9.69. The number of likely N-dealkylation sites (N-methyl/N-ethyl adjacent to an activating group) is 1. The Morgan fingerprint density at radius 2 is 1.95 bits per heavy atom. The second-order valence-electron chi connectivity index (χ2n) is 4.55. The molecule has 0 aliphatic rings. The van der Waals surface area contributed by atoms with E-state index in [9.17, 15) is 4.39 Å². The van der Waals surface area contributed by atoms with Crippen LogP contribution >= 0.6 is 23.4 Å². The maximum atomic E-state index is 13.3. The second kappa shape index (κ2) is 7.67. The zero-order valence-electron chi connectivity index (χ0n) is 11.3. The van der Waals surface area contributed by atoms with Gasteiger partial charge in [-0.05, 0) is 49.4 Å². The van der Waals surface area contributed by atoms with E-state index >= 15 is 0 Å². The molecule has 106 valence electrons. The average Bonchev–Trinajstić information content (AvgIpc) is 2.48. The molecule has 1 atom stereocenters. The lowest BCUT2D eigenvalue weighted by Gasteiger charge is -2.16. The zero-order valence-corrected chi connectivity index (χ0v) is 12.8. The van der Waals surface area contributed by atoms with Crippen LogP contribution in [0.4, 0.5) is 4.39 Å². The van der Waals surface area contributed by atoms with Gasteiger partial charge in [0, 0.05) is 21.7 Å². The van der Waals surface area contributed by atoms with Gasteiger partial charge in [0.05, 0.1) is 0 Å². The van der Waals surface area contributed by atoms with E-state index in [1.165, 1.54) is 17.0 Å². The summed E-state index contributed by atoms with van der Waals surface area (Å²) in [6.07, 6.45) is 0.715. The lowest BCUT2D eigenvalue weighted by molar-refractivity contribution is 0.603. The van der Waals surface area contributed by atoms with Gasteiger partial charge in [0.25, 0.3) is 0 Å². The highest BCUT2D eigenvalue weighted by atomic mass is 35.5. The van der Waals surface area contributed by atoms with Crippen LogP contribution in [0.3, 0.4) is 0 Å². The number of nitrogens with one attached hydrogen (secondary N) is 1. The molecule has 2 aromatic carbocycles. The Morgan fingerprint density at radius 3 is 2.65 bits per heavy atom. The quantitative estimate of drug-likeness (QED) is 0.794. The van der Waals surface area contributed by atoms with E-state index < -0.39 is 0 Å². The van der Waals surface area contributed by atoms with Crippen molar-refractivity contribution in [3.05, 3.63) is 64.9 Å². The predicted molar refractivity (Wildman–Crippen MR) is 85.1 cm³/mol. The Bertz CT molecular complexity index is 547. The van der Waals surface area contributed by atoms with E-state index in [0.29, 0.717) is 11.4 Å². The molecule has 0 saturated carbocycles. The molecule has 0 amide bonds. The van der Waals surface area contributed by atoms with Gasteiger partial charge in [-0.3, -0.25) is 0 Å². The maximum absolute atomic E-state index is 13.3. The molecule has 0 aliphatic carbocycles. The Kier molecular flexibility index (Phi) is 5.89. The van der Waals surface area contributed by atoms with Crippen molar-refractivity contribution in [1.29, 1.82) is 0 Å². The lowest BCUT2D eigenvalue weighted by atomic mass is 10.1. The summed E-state index contributed by atoms with van der Waals surface area (Å²) in [6.45, 7) is 0. The third-order valence-corrected chi connectivity index (χ3v) is 4.62. The largest absolute Gasteiger partial charge is 0.316 e. The van der Waals surface area contributed by atoms with Crippen LogP contribution in [-0.2, 0) is 6.42 Å². The van der Waals surface area contributed by atoms with Crippen LogP contribution in [-0.4, -0.2) is 18.8 Å². The van der Waals surface area contributed by atoms with E-state index in [1.54, 1.807) is 17.8 Å². The van der Waals surface area contributed by atoms with Crippen molar-refractivity contribution >= 4 is 23.4 Å². The van der Waals surface area contributed by atoms with Crippen molar-refractivity contribution in [2.45, 2.75) is 17.4 Å². The summed E-state index contributed by atoms with van der Waals surface area (Å²) in [4.78, 5) is 1.23. The molecule has 1 unspecified atom stereocenters. The third-order valence-electron chi connectivity index (χ3n) is 3.08. The van der Waals surface area contributed by atoms with Crippen LogP contribution in [0.5, 0.6) is 0 Å². The van der Waals surface area contributed by atoms with Crippen LogP contribution < -0.4 is 5.32 Å². The SMILES string of the molecule is CNC(CSc1ccccc1)Cc1cc(F)ccc1Cl. The van der Waals surface area contributed by atoms with Gasteiger partial charge < -0.3 is 5.32 Å². The Morgan fingerprint density at radius 1 is 1.20 bits per heavy atom. The summed E-state index contributed by atoms with van der Waals surface area (Å²) in [6, 6.07) is 15.0. The molecular weight excluding hydrogens is 293 g/mol. The fourth-order valence-corrected chi connectivity index (χ4v) is 3.15. The number of rotatable bonds is 6. The summed E-state index contributed by atoms with van der Waals surface area (Å²) < 4.78 is 13.3. The third kappa shape index (κ3) is 4.51. The van der Waals surface area contributed by atoms with Crippen molar-refractivity contribution in [2.24, 2.45) is 0 Å². The van der Waals surface area contributed by atoms with E-state index in [-0.39, 0.29) is 11.9 Å². The van der Waals surface area contributed by atoms with Gasteiger partial charge in [0.2, 0.25) is 0 Å². The minimum absolute atomic E-state index is 0.241. The Hall–Kier alpha value is -1.03. The molecule has 4 heteroatoms. The second-order valence-corrected chi connectivity index (χ2v) is 6.05. The molecule has 0 aromatic heterocycles. The standard InChI is InChI=1S/C16H17ClFNS/c1-19-14(11-20-15-5-3-2-4-6-15)10-12-9-13(18)7-8-16(12)17/h2-9,14,19H,10-11H2,1H3. The summed E-state index contributed by atoms with van der Waals surface area (Å²) in [7, 11) is 1.92. The topological polar surface area (TPSA) is 12.0 Å². The molecule has 1 nitrogen and oxygen atoms in total. The molecule has 1 N–H and O–H groups in total. The molecule has 0 saturated heterocycles. The van der Waals surface area contributed by atoms with Crippen molar-refractivity contribution < 1.29 is 4.39 Å². The number of hydrogen-bond acceptors (Lipinski definition) is 2. The van der Waals surface area contributed by atoms with Crippen LogP contribution in [0, 0.1) is 5.82 Å². The summed E-state index contributed by atoms with van der Waals surface area (Å²) >= 11 is 7.90. The highest BCUT2D eigenvalue weighted by Crippen LogP contribution is 2.22. The average molecular weight is 310 g/mol. The summed E-state index contributed by atoms with van der Waals surface area (Å²) in [5.74, 6) is 0.669. The number of thioether (sulfide) groups is 1. The van der Waals surface area contributed by atoms with Gasteiger partial charge in [0.1, 0.15) is 5.82 Å². The van der Waals surface area contributed by atoms with Crippen molar-refractivity contribution in [3.8, 4) is 0 Å². The Labute approximate surface area is 128 Å². The minimum atomic E-state index is -0.241. The summed E-state index contributed by atoms with van der Waals surface area (Å²) in [5, 5.41) is 3.89. The molecule has 2 aromatic rings. The van der Waals surface area contributed by atoms with Gasteiger partial charge in [-0.1, -0.05) is 29.8 Å². The van der Waals surface area contributed by atoms with E-state index in [0.717, 1.165) is 11.3 Å². The van der Waals surface area contributed by atoms with Gasteiger partial charge in [-0.25, -0.2) is 4.39 Å². The highest BCUT2D eigenvalue weighted by molar-refractivity contribution is 7.99. The first-order valence-electron chi connectivity index (χ1n) is 6.48. The van der Waals surface area contributed by atoms with Crippen molar-refractivity contribution in [1.82, 2.24) is 5.32 Å². The number of hydrogen-bond donors (Lipinski definition) is 1. The smallest absolute Gasteiger partial charge is 0.123 e. The molecule has 0 aliphatic heterocycles. The van der Waals surface area contributed by atoms with E-state index in [4.69, 9.17) is 11.6 Å². The zero-order chi connectivity index (χ0) is 14.4. The van der Waals surface area contributed by atoms with Gasteiger partial charge >= 0.3 is 0 Å². The first-order valence-corrected chi connectivity index (χ1v) is 7.84. The molecule has 0 fully saturated rings. The predicted octanol–water partition coefficient (Wildman–Crippen LogP) is 4.40. The van der Waals surface area contributed by atoms with Gasteiger partial charge in [-0.15, -0.1) is 11.8 Å². The fourth-order valence-electron chi connectivity index (χ4n) is 1.92. The molecule has 0 heterocycles. The summed E-state index contributed by atoms with van der Waals surface area (Å²) in [5.41, 5.74) is 0.847. The molecule has 0 spiro atoms. The molecule has 0 radical (unpaired) electrons. The highest BCUT2D eigenvalue weighted by Gasteiger charge is 2.11. The molecule has 2 rings (SSSR count). The molecule has 20 heavy (non-hydrogen) atoms. The fraction of sp³-hybridized carbons (Fsp3) is 0.250. The monoisotopic (exact) mass is 309 g/mol. The van der Waals surface area contributed by atoms with Crippen molar-refractivity contribution in [3.63, 3.8) is 0 Å². The Balaban J connectivity index is 1.97. The lowest BCUT2D eigenvalue weighted by Crippen LogP contribution is -2.30. The first kappa shape index (κ1) is 15.4. The molecular formula is C16H17ClFNS. The van der Waals surface area contributed by atoms with Crippen LogP contribution in [0.15, 0.2) is 53.4 Å².